The lowest BCUT2D eigenvalue weighted by molar-refractivity contribution is 0.209. The number of hydrogen-bond donors (Lipinski definition) is 2. The Hall–Kier alpha value is -1.42. The van der Waals surface area contributed by atoms with Crippen molar-refractivity contribution in [2.45, 2.75) is 12.8 Å². The minimum absolute atomic E-state index is 0.250. The van der Waals surface area contributed by atoms with Gasteiger partial charge in [0.15, 0.2) is 0 Å². The Kier molecular flexibility index (Phi) is 3.74. The highest BCUT2D eigenvalue weighted by atomic mass is 16.5. The molecule has 3 N–H and O–H groups in total. The Bertz CT molecular complexity index is 382. The monoisotopic (exact) mass is 236 g/mol. The standard InChI is InChI=1S/C13H20N2O2/c1-17-11-4-5-12(14)13(7-11)15-6-2-3-10(8-15)9-16/h4-5,7,10,16H,2-3,6,8-9,14H2,1H3. The zero-order chi connectivity index (χ0) is 12.3. The van der Waals surface area contributed by atoms with Crippen molar-refractivity contribution in [3.63, 3.8) is 0 Å². The number of hydrogen-bond acceptors (Lipinski definition) is 4. The quantitative estimate of drug-likeness (QED) is 0.781. The first-order valence-corrected chi connectivity index (χ1v) is 6.04. The Morgan fingerprint density at radius 1 is 1.53 bits per heavy atom. The molecule has 1 heterocycles. The number of benzene rings is 1. The van der Waals surface area contributed by atoms with Gasteiger partial charge in [-0.1, -0.05) is 0 Å². The summed E-state index contributed by atoms with van der Waals surface area (Å²) < 4.78 is 5.22. The minimum atomic E-state index is 0.250. The topological polar surface area (TPSA) is 58.7 Å². The predicted molar refractivity (Wildman–Crippen MR) is 69.4 cm³/mol. The number of aliphatic hydroxyl groups is 1. The van der Waals surface area contributed by atoms with Crippen molar-refractivity contribution in [1.29, 1.82) is 0 Å². The van der Waals surface area contributed by atoms with E-state index in [1.165, 1.54) is 0 Å². The smallest absolute Gasteiger partial charge is 0.121 e. The second-order valence-electron chi connectivity index (χ2n) is 4.56. The van der Waals surface area contributed by atoms with E-state index in [2.05, 4.69) is 4.90 Å². The van der Waals surface area contributed by atoms with E-state index in [-0.39, 0.29) is 6.61 Å². The van der Waals surface area contributed by atoms with Gasteiger partial charge in [-0.25, -0.2) is 0 Å². The van der Waals surface area contributed by atoms with Gasteiger partial charge in [0.1, 0.15) is 5.75 Å². The number of nitrogens with zero attached hydrogens (tertiary/aromatic N) is 1. The molecule has 1 atom stereocenters. The van der Waals surface area contributed by atoms with Gasteiger partial charge in [0.2, 0.25) is 0 Å². The number of rotatable bonds is 3. The summed E-state index contributed by atoms with van der Waals surface area (Å²) in [7, 11) is 1.65. The third-order valence-electron chi connectivity index (χ3n) is 3.36. The van der Waals surface area contributed by atoms with Gasteiger partial charge in [-0.15, -0.1) is 0 Å². The maximum Gasteiger partial charge on any atom is 0.121 e. The van der Waals surface area contributed by atoms with Crippen LogP contribution in [0.4, 0.5) is 11.4 Å². The van der Waals surface area contributed by atoms with E-state index < -0.39 is 0 Å². The van der Waals surface area contributed by atoms with Crippen molar-refractivity contribution in [3.8, 4) is 5.75 Å². The molecule has 4 nitrogen and oxygen atoms in total. The van der Waals surface area contributed by atoms with Crippen molar-refractivity contribution in [2.75, 3.05) is 37.4 Å². The molecule has 17 heavy (non-hydrogen) atoms. The largest absolute Gasteiger partial charge is 0.497 e. The van der Waals surface area contributed by atoms with Crippen molar-refractivity contribution < 1.29 is 9.84 Å². The molecule has 1 fully saturated rings. The van der Waals surface area contributed by atoms with Crippen LogP contribution in [-0.4, -0.2) is 31.9 Å². The first-order chi connectivity index (χ1) is 8.24. The second kappa shape index (κ2) is 5.27. The predicted octanol–water partition coefficient (Wildman–Crippen LogP) is 1.49. The van der Waals surface area contributed by atoms with Gasteiger partial charge in [-0.2, -0.15) is 0 Å². The molecular weight excluding hydrogens is 216 g/mol. The first kappa shape index (κ1) is 12.0. The number of aliphatic hydroxyl groups excluding tert-OH is 1. The Labute approximate surface area is 102 Å². The lowest BCUT2D eigenvalue weighted by Crippen LogP contribution is -2.37. The molecule has 1 aromatic rings. The molecule has 94 valence electrons. The van der Waals surface area contributed by atoms with E-state index in [1.807, 2.05) is 18.2 Å². The molecule has 1 unspecified atom stereocenters. The van der Waals surface area contributed by atoms with Crippen molar-refractivity contribution in [3.05, 3.63) is 18.2 Å². The average Bonchev–Trinajstić information content (AvgIpc) is 2.39. The lowest BCUT2D eigenvalue weighted by atomic mass is 9.98. The van der Waals surface area contributed by atoms with Gasteiger partial charge in [0, 0.05) is 25.8 Å². The van der Waals surface area contributed by atoms with Crippen LogP contribution in [0.1, 0.15) is 12.8 Å². The highest BCUT2D eigenvalue weighted by Crippen LogP contribution is 2.31. The van der Waals surface area contributed by atoms with Crippen LogP contribution in [-0.2, 0) is 0 Å². The fourth-order valence-electron chi connectivity index (χ4n) is 2.36. The van der Waals surface area contributed by atoms with E-state index in [0.717, 1.165) is 43.1 Å². The Morgan fingerprint density at radius 2 is 2.35 bits per heavy atom. The Balaban J connectivity index is 2.20. The van der Waals surface area contributed by atoms with Gasteiger partial charge < -0.3 is 20.5 Å². The number of nitrogens with two attached hydrogens (primary N) is 1. The number of anilines is 2. The van der Waals surface area contributed by atoms with E-state index in [0.29, 0.717) is 5.92 Å². The maximum atomic E-state index is 9.24. The molecule has 1 aromatic carbocycles. The van der Waals surface area contributed by atoms with E-state index in [1.54, 1.807) is 7.11 Å². The van der Waals surface area contributed by atoms with Gasteiger partial charge in [-0.05, 0) is 30.9 Å². The summed E-state index contributed by atoms with van der Waals surface area (Å²) in [5.74, 6) is 1.18. The number of nitrogen functional groups attached to an aromatic ring is 1. The van der Waals surface area contributed by atoms with Crippen LogP contribution in [0.2, 0.25) is 0 Å². The molecule has 0 bridgehead atoms. The average molecular weight is 236 g/mol. The molecule has 1 aliphatic heterocycles. The van der Waals surface area contributed by atoms with Crippen LogP contribution in [0, 0.1) is 5.92 Å². The summed E-state index contributed by atoms with van der Waals surface area (Å²) in [4.78, 5) is 2.24. The van der Waals surface area contributed by atoms with Crippen molar-refractivity contribution >= 4 is 11.4 Å². The molecule has 0 radical (unpaired) electrons. The zero-order valence-electron chi connectivity index (χ0n) is 10.2. The van der Waals surface area contributed by atoms with Gasteiger partial charge in [-0.3, -0.25) is 0 Å². The molecule has 0 saturated carbocycles. The first-order valence-electron chi connectivity index (χ1n) is 6.04. The van der Waals surface area contributed by atoms with E-state index in [9.17, 15) is 5.11 Å². The normalized spacial score (nSPS) is 20.4. The summed E-state index contributed by atoms with van der Waals surface area (Å²) in [6.45, 7) is 2.11. The molecule has 0 aromatic heterocycles. The highest BCUT2D eigenvalue weighted by Gasteiger charge is 2.21. The van der Waals surface area contributed by atoms with E-state index in [4.69, 9.17) is 10.5 Å². The molecular formula is C13H20N2O2. The molecule has 2 rings (SSSR count). The molecule has 0 aliphatic carbocycles. The second-order valence-corrected chi connectivity index (χ2v) is 4.56. The maximum absolute atomic E-state index is 9.24. The van der Waals surface area contributed by atoms with E-state index >= 15 is 0 Å². The number of methoxy groups -OCH3 is 1. The molecule has 1 aliphatic rings. The van der Waals surface area contributed by atoms with Gasteiger partial charge in [0.25, 0.3) is 0 Å². The van der Waals surface area contributed by atoms with Crippen LogP contribution >= 0.6 is 0 Å². The van der Waals surface area contributed by atoms with Gasteiger partial charge >= 0.3 is 0 Å². The SMILES string of the molecule is COc1ccc(N)c(N2CCCC(CO)C2)c1. The lowest BCUT2D eigenvalue weighted by Gasteiger charge is -2.34. The van der Waals surface area contributed by atoms with Crippen LogP contribution in [0.15, 0.2) is 18.2 Å². The molecule has 1 saturated heterocycles. The fourth-order valence-corrected chi connectivity index (χ4v) is 2.36. The van der Waals surface area contributed by atoms with Crippen molar-refractivity contribution in [2.24, 2.45) is 5.92 Å². The summed E-state index contributed by atoms with van der Waals surface area (Å²) in [5.41, 5.74) is 7.79. The van der Waals surface area contributed by atoms with Gasteiger partial charge in [0.05, 0.1) is 18.5 Å². The summed E-state index contributed by atoms with van der Waals surface area (Å²) in [6, 6.07) is 5.71. The molecule has 0 amide bonds. The third kappa shape index (κ3) is 2.64. The molecule has 0 spiro atoms. The summed E-state index contributed by atoms with van der Waals surface area (Å²) >= 11 is 0. The fraction of sp³-hybridized carbons (Fsp3) is 0.538. The van der Waals surface area contributed by atoms with Crippen LogP contribution in [0.3, 0.4) is 0 Å². The van der Waals surface area contributed by atoms with Crippen LogP contribution < -0.4 is 15.4 Å². The summed E-state index contributed by atoms with van der Waals surface area (Å²) in [6.07, 6.45) is 2.19. The molecule has 4 heteroatoms. The Morgan fingerprint density at radius 3 is 3.06 bits per heavy atom. The zero-order valence-corrected chi connectivity index (χ0v) is 10.2. The third-order valence-corrected chi connectivity index (χ3v) is 3.36. The number of ether oxygens (including phenoxy) is 1. The number of piperidine rings is 1. The van der Waals surface area contributed by atoms with Crippen LogP contribution in [0.25, 0.3) is 0 Å². The van der Waals surface area contributed by atoms with Crippen molar-refractivity contribution in [1.82, 2.24) is 0 Å². The highest BCUT2D eigenvalue weighted by molar-refractivity contribution is 5.69. The summed E-state index contributed by atoms with van der Waals surface area (Å²) in [5, 5.41) is 9.24. The van der Waals surface area contributed by atoms with Crippen LogP contribution in [0.5, 0.6) is 5.75 Å². The minimum Gasteiger partial charge on any atom is -0.497 e.